The van der Waals surface area contributed by atoms with Crippen molar-refractivity contribution in [1.29, 1.82) is 0 Å². The van der Waals surface area contributed by atoms with Crippen LogP contribution >= 0.6 is 0 Å². The molecule has 0 amide bonds. The number of aryl methyl sites for hydroxylation is 1. The minimum Gasteiger partial charge on any atom is -0.429 e. The first-order chi connectivity index (χ1) is 15.6. The molecule has 0 heterocycles. The number of hydrogen-bond donors (Lipinski definition) is 0. The van der Waals surface area contributed by atoms with Gasteiger partial charge < -0.3 is 4.74 Å². The molecule has 0 N–H and O–H groups in total. The maximum atomic E-state index is 14.5. The minimum absolute atomic E-state index is 0.109. The van der Waals surface area contributed by atoms with Crippen molar-refractivity contribution in [3.63, 3.8) is 0 Å². The van der Waals surface area contributed by atoms with Crippen LogP contribution in [-0.4, -0.2) is 0 Å². The van der Waals surface area contributed by atoms with Crippen molar-refractivity contribution < 1.29 is 35.5 Å². The smallest absolute Gasteiger partial charge is 0.429 e. The predicted octanol–water partition coefficient (Wildman–Crippen LogP) is 7.89. The Hall–Kier alpha value is -3.55. The van der Waals surface area contributed by atoms with Gasteiger partial charge in [0.05, 0.1) is 0 Å². The summed E-state index contributed by atoms with van der Waals surface area (Å²) in [5.41, 5.74) is -0.317. The second-order valence-electron chi connectivity index (χ2n) is 7.35. The molecule has 0 spiro atoms. The quantitative estimate of drug-likeness (QED) is 0.216. The van der Waals surface area contributed by atoms with Gasteiger partial charge in [0.15, 0.2) is 17.5 Å². The Morgan fingerprint density at radius 3 is 1.91 bits per heavy atom. The van der Waals surface area contributed by atoms with Crippen LogP contribution < -0.4 is 4.74 Å². The Balaban J connectivity index is 1.62. The Bertz CT molecular complexity index is 1320. The molecule has 33 heavy (non-hydrogen) atoms. The number of ether oxygens (including phenoxy) is 1. The molecule has 0 bridgehead atoms. The first kappa shape index (κ1) is 22.6. The van der Waals surface area contributed by atoms with E-state index in [2.05, 4.69) is 4.74 Å². The summed E-state index contributed by atoms with van der Waals surface area (Å²) < 4.78 is 103. The fourth-order valence-corrected chi connectivity index (χ4v) is 3.51. The van der Waals surface area contributed by atoms with Gasteiger partial charge in [0, 0.05) is 5.39 Å². The molecule has 0 unspecified atom stereocenters. The van der Waals surface area contributed by atoms with Gasteiger partial charge in [-0.2, -0.15) is 8.78 Å². The van der Waals surface area contributed by atoms with E-state index >= 15 is 0 Å². The highest BCUT2D eigenvalue weighted by molar-refractivity contribution is 5.88. The van der Waals surface area contributed by atoms with E-state index in [1.165, 1.54) is 30.3 Å². The van der Waals surface area contributed by atoms with Gasteiger partial charge in [-0.3, -0.25) is 0 Å². The molecule has 0 radical (unpaired) electrons. The molecule has 0 aromatic heterocycles. The van der Waals surface area contributed by atoms with Gasteiger partial charge in [-0.15, -0.1) is 0 Å². The second-order valence-corrected chi connectivity index (χ2v) is 7.35. The zero-order chi connectivity index (χ0) is 23.9. The van der Waals surface area contributed by atoms with Gasteiger partial charge in [-0.1, -0.05) is 31.2 Å². The summed E-state index contributed by atoms with van der Waals surface area (Å²) >= 11 is 0. The van der Waals surface area contributed by atoms with Gasteiger partial charge in [-0.05, 0) is 64.9 Å². The van der Waals surface area contributed by atoms with Crippen molar-refractivity contribution in [1.82, 2.24) is 0 Å². The molecule has 4 aromatic rings. The fraction of sp³-hybridized carbons (Fsp3) is 0.120. The van der Waals surface area contributed by atoms with Crippen LogP contribution in [0.3, 0.4) is 0 Å². The van der Waals surface area contributed by atoms with Crippen LogP contribution in [0.1, 0.15) is 18.1 Å². The highest BCUT2D eigenvalue weighted by atomic mass is 19.3. The molecule has 8 heteroatoms. The van der Waals surface area contributed by atoms with Crippen LogP contribution in [0.5, 0.6) is 5.75 Å². The van der Waals surface area contributed by atoms with Crippen LogP contribution in [0.2, 0.25) is 0 Å². The van der Waals surface area contributed by atoms with Gasteiger partial charge >= 0.3 is 6.11 Å². The number of halogens is 7. The first-order valence-electron chi connectivity index (χ1n) is 9.83. The lowest BCUT2D eigenvalue weighted by molar-refractivity contribution is -0.189. The Morgan fingerprint density at radius 2 is 1.30 bits per heavy atom. The van der Waals surface area contributed by atoms with E-state index in [0.717, 1.165) is 30.3 Å². The molecule has 0 atom stereocenters. The highest BCUT2D eigenvalue weighted by Crippen LogP contribution is 2.36. The van der Waals surface area contributed by atoms with Gasteiger partial charge in [0.25, 0.3) is 0 Å². The molecule has 0 saturated heterocycles. The van der Waals surface area contributed by atoms with E-state index in [0.29, 0.717) is 11.1 Å². The molecule has 0 aliphatic heterocycles. The molecule has 170 valence electrons. The van der Waals surface area contributed by atoms with E-state index in [1.807, 2.05) is 0 Å². The van der Waals surface area contributed by atoms with Crippen molar-refractivity contribution in [3.8, 4) is 16.9 Å². The minimum atomic E-state index is -4.27. The van der Waals surface area contributed by atoms with Crippen molar-refractivity contribution >= 4 is 10.8 Å². The summed E-state index contributed by atoms with van der Waals surface area (Å²) in [6, 6.07) is 11.7. The molecule has 4 aromatic carbocycles. The van der Waals surface area contributed by atoms with Crippen molar-refractivity contribution in [2.24, 2.45) is 0 Å². The largest absolute Gasteiger partial charge is 0.432 e. The van der Waals surface area contributed by atoms with Crippen LogP contribution in [0, 0.1) is 29.1 Å². The third-order valence-electron chi connectivity index (χ3n) is 5.21. The fourth-order valence-electron chi connectivity index (χ4n) is 3.51. The first-order valence-corrected chi connectivity index (χ1v) is 9.83. The lowest BCUT2D eigenvalue weighted by Crippen LogP contribution is -2.25. The molecular formula is C25H15F7O. The van der Waals surface area contributed by atoms with E-state index in [-0.39, 0.29) is 28.5 Å². The average Bonchev–Trinajstić information content (AvgIpc) is 2.76. The molecular weight excluding hydrogens is 449 g/mol. The Kier molecular flexibility index (Phi) is 5.78. The number of rotatable bonds is 5. The second kappa shape index (κ2) is 8.42. The van der Waals surface area contributed by atoms with Crippen molar-refractivity contribution in [2.45, 2.75) is 19.5 Å². The molecule has 0 fully saturated rings. The van der Waals surface area contributed by atoms with E-state index in [1.54, 1.807) is 6.92 Å². The number of hydrogen-bond acceptors (Lipinski definition) is 1. The lowest BCUT2D eigenvalue weighted by Gasteiger charge is -2.20. The molecule has 0 saturated carbocycles. The summed E-state index contributed by atoms with van der Waals surface area (Å²) in [6.07, 6.45) is -4.00. The van der Waals surface area contributed by atoms with Crippen LogP contribution in [-0.2, 0) is 12.5 Å². The van der Waals surface area contributed by atoms with Crippen LogP contribution in [0.25, 0.3) is 21.9 Å². The maximum Gasteiger partial charge on any atom is 0.432 e. The van der Waals surface area contributed by atoms with Crippen LogP contribution in [0.15, 0.2) is 60.7 Å². The van der Waals surface area contributed by atoms with Crippen molar-refractivity contribution in [3.05, 3.63) is 101 Å². The zero-order valence-corrected chi connectivity index (χ0v) is 17.0. The highest BCUT2D eigenvalue weighted by Gasteiger charge is 2.41. The molecule has 1 nitrogen and oxygen atoms in total. The summed E-state index contributed by atoms with van der Waals surface area (Å²) in [6.45, 7) is 1.63. The summed E-state index contributed by atoms with van der Waals surface area (Å²) in [5, 5.41) is -0.00683. The third-order valence-corrected chi connectivity index (χ3v) is 5.21. The van der Waals surface area contributed by atoms with Gasteiger partial charge in [0.2, 0.25) is 0 Å². The Morgan fingerprint density at radius 1 is 0.697 bits per heavy atom. The average molecular weight is 464 g/mol. The third kappa shape index (κ3) is 4.25. The Labute approximate surface area is 184 Å². The normalized spacial score (nSPS) is 11.8. The standard InChI is InChI=1S/C25H15F7O/c1-2-13-9-19(26)22(20(27)10-13)25(31,32)33-17-6-3-14(4-7-17)15-5-8-18-16(11-15)12-21(28)24(30)23(18)29/h3-12H,2H2,1H3. The van der Waals surface area contributed by atoms with Gasteiger partial charge in [0.1, 0.15) is 22.9 Å². The van der Waals surface area contributed by atoms with E-state index < -0.39 is 40.8 Å². The topological polar surface area (TPSA) is 9.23 Å². The molecule has 4 rings (SSSR count). The SMILES string of the molecule is CCc1cc(F)c(C(F)(F)Oc2ccc(-c3ccc4c(F)c(F)c(F)cc4c3)cc2)c(F)c1. The van der Waals surface area contributed by atoms with E-state index in [9.17, 15) is 30.7 Å². The molecule has 0 aliphatic carbocycles. The maximum absolute atomic E-state index is 14.5. The summed E-state index contributed by atoms with van der Waals surface area (Å²) in [4.78, 5) is 0. The lowest BCUT2D eigenvalue weighted by atomic mass is 10.0. The van der Waals surface area contributed by atoms with Gasteiger partial charge in [-0.25, -0.2) is 22.0 Å². The van der Waals surface area contributed by atoms with Crippen molar-refractivity contribution in [2.75, 3.05) is 0 Å². The summed E-state index contributed by atoms with van der Waals surface area (Å²) in [5.74, 6) is -7.42. The van der Waals surface area contributed by atoms with E-state index in [4.69, 9.17) is 0 Å². The monoisotopic (exact) mass is 464 g/mol. The molecule has 0 aliphatic rings. The number of benzene rings is 4. The number of alkyl halides is 2. The summed E-state index contributed by atoms with van der Waals surface area (Å²) in [7, 11) is 0. The van der Waals surface area contributed by atoms with Crippen LogP contribution in [0.4, 0.5) is 30.7 Å². The zero-order valence-electron chi connectivity index (χ0n) is 17.0. The predicted molar refractivity (Wildman–Crippen MR) is 110 cm³/mol. The number of fused-ring (bicyclic) bond motifs is 1.